The van der Waals surface area contributed by atoms with Gasteiger partial charge >= 0.3 is 0 Å². The second-order valence-electron chi connectivity index (χ2n) is 12.9. The summed E-state index contributed by atoms with van der Waals surface area (Å²) < 4.78 is 0. The van der Waals surface area contributed by atoms with Crippen LogP contribution in [0.3, 0.4) is 0 Å². The summed E-state index contributed by atoms with van der Waals surface area (Å²) in [6.07, 6.45) is 0. The minimum atomic E-state index is -0.527. The van der Waals surface area contributed by atoms with E-state index in [-0.39, 0.29) is 0 Å². The van der Waals surface area contributed by atoms with E-state index in [1.807, 2.05) is 0 Å². The Morgan fingerprint density at radius 2 is 0.980 bits per heavy atom. The van der Waals surface area contributed by atoms with E-state index in [9.17, 15) is 0 Å². The van der Waals surface area contributed by atoms with Gasteiger partial charge in [0.1, 0.15) is 0 Å². The Bertz CT molecular complexity index is 2660. The normalized spacial score (nSPS) is 13.1. The van der Waals surface area contributed by atoms with Gasteiger partial charge in [0.15, 0.2) is 0 Å². The molecule has 49 heavy (non-hydrogen) atoms. The number of nitrogens with zero attached hydrogens (tertiary/aromatic N) is 2. The molecule has 228 valence electrons. The molecule has 0 atom stereocenters. The fourth-order valence-electron chi connectivity index (χ4n) is 8.27. The number of rotatable bonds is 4. The van der Waals surface area contributed by atoms with Crippen molar-refractivity contribution in [3.8, 4) is 33.6 Å². The third-order valence-electron chi connectivity index (χ3n) is 10.3. The number of aromatic nitrogens is 2. The Kier molecular flexibility index (Phi) is 6.13. The van der Waals surface area contributed by atoms with E-state index >= 15 is 0 Å². The summed E-state index contributed by atoms with van der Waals surface area (Å²) in [7, 11) is 0. The summed E-state index contributed by atoms with van der Waals surface area (Å²) in [5.41, 5.74) is 12.7. The minimum Gasteiger partial charge on any atom is -0.244 e. The molecule has 1 aliphatic rings. The molecule has 2 nitrogen and oxygen atoms in total. The van der Waals surface area contributed by atoms with Crippen LogP contribution >= 0.6 is 0 Å². The van der Waals surface area contributed by atoms with Gasteiger partial charge in [0.05, 0.1) is 27.8 Å². The Hall–Kier alpha value is -6.38. The molecule has 0 bridgehead atoms. The lowest BCUT2D eigenvalue weighted by Crippen LogP contribution is -2.28. The zero-order valence-electron chi connectivity index (χ0n) is 26.7. The monoisotopic (exact) mass is 622 g/mol. The van der Waals surface area contributed by atoms with Crippen molar-refractivity contribution in [2.24, 2.45) is 0 Å². The predicted molar refractivity (Wildman–Crippen MR) is 203 cm³/mol. The zero-order valence-corrected chi connectivity index (χ0v) is 26.7. The number of fused-ring (bicyclic) bond motifs is 7. The average molecular weight is 623 g/mol. The third-order valence-corrected chi connectivity index (χ3v) is 10.3. The van der Waals surface area contributed by atoms with Crippen molar-refractivity contribution in [1.29, 1.82) is 0 Å². The molecule has 9 aromatic rings. The summed E-state index contributed by atoms with van der Waals surface area (Å²) in [5.74, 6) is 0. The van der Waals surface area contributed by atoms with Crippen LogP contribution in [0.25, 0.3) is 66.2 Å². The largest absolute Gasteiger partial charge is 0.244 e. The Morgan fingerprint density at radius 3 is 1.71 bits per heavy atom. The maximum atomic E-state index is 5.60. The molecule has 0 fully saturated rings. The predicted octanol–water partition coefficient (Wildman–Crippen LogP) is 11.6. The van der Waals surface area contributed by atoms with Crippen LogP contribution in [0.2, 0.25) is 0 Å². The van der Waals surface area contributed by atoms with E-state index in [2.05, 4.69) is 182 Å². The van der Waals surface area contributed by atoms with Crippen LogP contribution in [-0.4, -0.2) is 9.97 Å². The van der Waals surface area contributed by atoms with Crippen molar-refractivity contribution >= 4 is 32.6 Å². The van der Waals surface area contributed by atoms with Crippen molar-refractivity contribution in [2.75, 3.05) is 0 Å². The van der Waals surface area contributed by atoms with Crippen LogP contribution in [0.5, 0.6) is 0 Å². The van der Waals surface area contributed by atoms with Crippen LogP contribution < -0.4 is 0 Å². The molecular formula is C47H30N2. The van der Waals surface area contributed by atoms with E-state index in [0.29, 0.717) is 0 Å². The third kappa shape index (κ3) is 4.01. The second-order valence-corrected chi connectivity index (χ2v) is 12.9. The topological polar surface area (TPSA) is 25.8 Å². The molecule has 0 saturated heterocycles. The molecule has 0 amide bonds. The molecule has 0 radical (unpaired) electrons. The van der Waals surface area contributed by atoms with Gasteiger partial charge in [-0.15, -0.1) is 0 Å². The summed E-state index contributed by atoms with van der Waals surface area (Å²) in [5, 5.41) is 4.61. The minimum absolute atomic E-state index is 0.527. The van der Waals surface area contributed by atoms with Gasteiger partial charge < -0.3 is 0 Å². The number of hydrogen-bond acceptors (Lipinski definition) is 2. The highest BCUT2D eigenvalue weighted by atomic mass is 14.8. The van der Waals surface area contributed by atoms with Crippen LogP contribution in [0, 0.1) is 0 Å². The lowest BCUT2D eigenvalue weighted by molar-refractivity contribution is 0.769. The molecule has 10 rings (SSSR count). The van der Waals surface area contributed by atoms with E-state index in [0.717, 1.165) is 44.3 Å². The summed E-state index contributed by atoms with van der Waals surface area (Å²) in [6.45, 7) is 0. The highest BCUT2D eigenvalue weighted by Crippen LogP contribution is 2.60. The number of benzene rings is 8. The maximum absolute atomic E-state index is 5.60. The zero-order chi connectivity index (χ0) is 32.4. The fraction of sp³-hybridized carbons (Fsp3) is 0.0213. The Labute approximate surface area is 285 Å². The number of hydrogen-bond donors (Lipinski definition) is 0. The SMILES string of the molecule is c1ccc(-c2nc3c(ccc4ccccc43)nc2-c2c3c(cc4ccccc24)C(c2ccccc2)(c2ccccc2)c2ccccc2-3)cc1. The molecule has 8 aromatic carbocycles. The highest BCUT2D eigenvalue weighted by Gasteiger charge is 2.47. The first-order chi connectivity index (χ1) is 24.3. The molecule has 1 heterocycles. The molecule has 0 unspecified atom stereocenters. The average Bonchev–Trinajstić information content (AvgIpc) is 3.48. The van der Waals surface area contributed by atoms with Gasteiger partial charge in [0, 0.05) is 16.5 Å². The quantitative estimate of drug-likeness (QED) is 0.183. The molecule has 0 spiro atoms. The van der Waals surface area contributed by atoms with Gasteiger partial charge in [-0.05, 0) is 61.7 Å². The molecule has 0 N–H and O–H groups in total. The van der Waals surface area contributed by atoms with Crippen LogP contribution in [-0.2, 0) is 5.41 Å². The van der Waals surface area contributed by atoms with E-state index in [1.54, 1.807) is 0 Å². The van der Waals surface area contributed by atoms with Gasteiger partial charge in [-0.2, -0.15) is 0 Å². The van der Waals surface area contributed by atoms with Crippen molar-refractivity contribution in [3.63, 3.8) is 0 Å². The van der Waals surface area contributed by atoms with Crippen LogP contribution in [0.1, 0.15) is 22.3 Å². The summed E-state index contributed by atoms with van der Waals surface area (Å²) >= 11 is 0. The first-order valence-corrected chi connectivity index (χ1v) is 16.8. The molecule has 2 heteroatoms. The van der Waals surface area contributed by atoms with Crippen molar-refractivity contribution < 1.29 is 0 Å². The van der Waals surface area contributed by atoms with E-state index in [4.69, 9.17) is 9.97 Å². The second kappa shape index (κ2) is 10.8. The van der Waals surface area contributed by atoms with Gasteiger partial charge in [-0.25, -0.2) is 9.97 Å². The molecule has 0 saturated carbocycles. The van der Waals surface area contributed by atoms with Gasteiger partial charge in [0.25, 0.3) is 0 Å². The summed E-state index contributed by atoms with van der Waals surface area (Å²) in [4.78, 5) is 11.1. The maximum Gasteiger partial charge on any atom is 0.0985 e. The molecule has 0 aliphatic heterocycles. The molecular weight excluding hydrogens is 593 g/mol. The van der Waals surface area contributed by atoms with Gasteiger partial charge in [-0.3, -0.25) is 0 Å². The smallest absolute Gasteiger partial charge is 0.0985 e. The lowest BCUT2D eigenvalue weighted by atomic mass is 9.67. The first-order valence-electron chi connectivity index (χ1n) is 16.8. The Morgan fingerprint density at radius 1 is 0.388 bits per heavy atom. The Balaban J connectivity index is 1.42. The van der Waals surface area contributed by atoms with E-state index < -0.39 is 5.41 Å². The van der Waals surface area contributed by atoms with Crippen molar-refractivity contribution in [1.82, 2.24) is 9.97 Å². The van der Waals surface area contributed by atoms with Gasteiger partial charge in [0.2, 0.25) is 0 Å². The van der Waals surface area contributed by atoms with E-state index in [1.165, 1.54) is 44.2 Å². The van der Waals surface area contributed by atoms with Crippen molar-refractivity contribution in [3.05, 3.63) is 204 Å². The van der Waals surface area contributed by atoms with Crippen LogP contribution in [0.4, 0.5) is 0 Å². The molecule has 1 aromatic heterocycles. The molecule has 1 aliphatic carbocycles. The lowest BCUT2D eigenvalue weighted by Gasteiger charge is -2.34. The fourth-order valence-corrected chi connectivity index (χ4v) is 8.27. The first kappa shape index (κ1) is 27.7. The van der Waals surface area contributed by atoms with Crippen LogP contribution in [0.15, 0.2) is 182 Å². The summed E-state index contributed by atoms with van der Waals surface area (Å²) in [6, 6.07) is 65.5. The van der Waals surface area contributed by atoms with Crippen molar-refractivity contribution in [2.45, 2.75) is 5.41 Å². The van der Waals surface area contributed by atoms with Gasteiger partial charge in [-0.1, -0.05) is 170 Å². The standard InChI is InChI=1S/C47H30N2/c1-4-17-32(18-5-1)44-46(48-41-29-28-31-16-10-13-25-37(31)45(41)49-44)43-36-24-12-11-19-33(36)30-40-42(43)38-26-14-15-27-39(38)47(40,34-20-6-2-7-21-34)35-22-8-3-9-23-35/h1-30H. The highest BCUT2D eigenvalue weighted by molar-refractivity contribution is 6.12.